The van der Waals surface area contributed by atoms with Gasteiger partial charge in [0, 0.05) is 18.1 Å². The SMILES string of the molecule is CCNCCOc1nccc2ccccc12. The molecule has 0 radical (unpaired) electrons. The van der Waals surface area contributed by atoms with E-state index in [0.29, 0.717) is 6.61 Å². The van der Waals surface area contributed by atoms with E-state index in [4.69, 9.17) is 4.74 Å². The molecule has 2 aromatic rings. The van der Waals surface area contributed by atoms with Crippen molar-refractivity contribution in [3.63, 3.8) is 0 Å². The Morgan fingerprint density at radius 2 is 2.12 bits per heavy atom. The van der Waals surface area contributed by atoms with E-state index in [9.17, 15) is 0 Å². The molecule has 1 aromatic heterocycles. The molecule has 3 nitrogen and oxygen atoms in total. The number of hydrogen-bond acceptors (Lipinski definition) is 3. The van der Waals surface area contributed by atoms with Crippen LogP contribution in [0.5, 0.6) is 5.88 Å². The monoisotopic (exact) mass is 216 g/mol. The summed E-state index contributed by atoms with van der Waals surface area (Å²) in [6, 6.07) is 10.1. The Morgan fingerprint density at radius 1 is 1.25 bits per heavy atom. The van der Waals surface area contributed by atoms with Crippen molar-refractivity contribution in [1.82, 2.24) is 10.3 Å². The number of nitrogens with one attached hydrogen (secondary N) is 1. The van der Waals surface area contributed by atoms with Crippen LogP contribution in [0.3, 0.4) is 0 Å². The summed E-state index contributed by atoms with van der Waals surface area (Å²) in [5.41, 5.74) is 0. The molecule has 0 saturated carbocycles. The molecule has 1 aromatic carbocycles. The molecule has 0 atom stereocenters. The fraction of sp³-hybridized carbons (Fsp3) is 0.308. The van der Waals surface area contributed by atoms with Gasteiger partial charge in [-0.2, -0.15) is 0 Å². The fourth-order valence-corrected chi connectivity index (χ4v) is 1.60. The molecule has 0 aliphatic rings. The zero-order chi connectivity index (χ0) is 11.2. The number of benzene rings is 1. The van der Waals surface area contributed by atoms with Gasteiger partial charge in [0.1, 0.15) is 6.61 Å². The van der Waals surface area contributed by atoms with Crippen molar-refractivity contribution in [2.45, 2.75) is 6.92 Å². The quantitative estimate of drug-likeness (QED) is 0.778. The van der Waals surface area contributed by atoms with Gasteiger partial charge in [-0.15, -0.1) is 0 Å². The number of pyridine rings is 1. The third-order valence-electron chi connectivity index (χ3n) is 2.40. The second kappa shape index (κ2) is 5.47. The van der Waals surface area contributed by atoms with Crippen LogP contribution in [-0.4, -0.2) is 24.7 Å². The molecular weight excluding hydrogens is 200 g/mol. The number of nitrogens with zero attached hydrogens (tertiary/aromatic N) is 1. The minimum Gasteiger partial charge on any atom is -0.476 e. The Balaban J connectivity index is 2.11. The minimum atomic E-state index is 0.648. The zero-order valence-electron chi connectivity index (χ0n) is 9.44. The van der Waals surface area contributed by atoms with Crippen molar-refractivity contribution in [3.8, 4) is 5.88 Å². The molecule has 2 rings (SSSR count). The van der Waals surface area contributed by atoms with Gasteiger partial charge in [0.25, 0.3) is 0 Å². The molecule has 0 amide bonds. The Bertz CT molecular complexity index is 451. The Kier molecular flexibility index (Phi) is 3.72. The molecule has 0 bridgehead atoms. The van der Waals surface area contributed by atoms with E-state index < -0.39 is 0 Å². The maximum atomic E-state index is 5.65. The molecule has 1 heterocycles. The van der Waals surface area contributed by atoms with E-state index in [2.05, 4.69) is 23.3 Å². The summed E-state index contributed by atoms with van der Waals surface area (Å²) in [5, 5.41) is 5.45. The second-order valence-electron chi connectivity index (χ2n) is 3.54. The van der Waals surface area contributed by atoms with Crippen molar-refractivity contribution in [2.75, 3.05) is 19.7 Å². The summed E-state index contributed by atoms with van der Waals surface area (Å²) in [6.07, 6.45) is 1.78. The number of aromatic nitrogens is 1. The Labute approximate surface area is 95.5 Å². The van der Waals surface area contributed by atoms with Gasteiger partial charge in [0.05, 0.1) is 0 Å². The van der Waals surface area contributed by atoms with Gasteiger partial charge >= 0.3 is 0 Å². The minimum absolute atomic E-state index is 0.648. The van der Waals surface area contributed by atoms with Gasteiger partial charge in [0.2, 0.25) is 5.88 Å². The lowest BCUT2D eigenvalue weighted by Crippen LogP contribution is -2.20. The molecule has 0 saturated heterocycles. The van der Waals surface area contributed by atoms with Gasteiger partial charge in [0.15, 0.2) is 0 Å². The van der Waals surface area contributed by atoms with Crippen LogP contribution in [-0.2, 0) is 0 Å². The van der Waals surface area contributed by atoms with Crippen molar-refractivity contribution >= 4 is 10.8 Å². The van der Waals surface area contributed by atoms with Crippen LogP contribution >= 0.6 is 0 Å². The van der Waals surface area contributed by atoms with E-state index in [1.165, 1.54) is 0 Å². The maximum Gasteiger partial charge on any atom is 0.221 e. The molecule has 0 unspecified atom stereocenters. The Morgan fingerprint density at radius 3 is 3.00 bits per heavy atom. The van der Waals surface area contributed by atoms with E-state index in [1.54, 1.807) is 6.20 Å². The van der Waals surface area contributed by atoms with Gasteiger partial charge in [-0.05, 0) is 24.1 Å². The number of likely N-dealkylation sites (N-methyl/N-ethyl adjacent to an activating group) is 1. The lowest BCUT2D eigenvalue weighted by Gasteiger charge is -2.07. The number of rotatable bonds is 5. The molecule has 0 aliphatic carbocycles. The van der Waals surface area contributed by atoms with E-state index in [1.807, 2.05) is 24.3 Å². The first-order chi connectivity index (χ1) is 7.92. The summed E-state index contributed by atoms with van der Waals surface area (Å²) in [4.78, 5) is 4.25. The van der Waals surface area contributed by atoms with Gasteiger partial charge in [-0.3, -0.25) is 0 Å². The number of fused-ring (bicyclic) bond motifs is 1. The van der Waals surface area contributed by atoms with Crippen LogP contribution in [0.2, 0.25) is 0 Å². The maximum absolute atomic E-state index is 5.65. The first-order valence-electron chi connectivity index (χ1n) is 5.59. The summed E-state index contributed by atoms with van der Waals surface area (Å²) < 4.78 is 5.65. The van der Waals surface area contributed by atoms with Crippen LogP contribution in [0.1, 0.15) is 6.92 Å². The van der Waals surface area contributed by atoms with Gasteiger partial charge in [-0.25, -0.2) is 4.98 Å². The molecule has 1 N–H and O–H groups in total. The lowest BCUT2D eigenvalue weighted by molar-refractivity contribution is 0.307. The van der Waals surface area contributed by atoms with E-state index >= 15 is 0 Å². The summed E-state index contributed by atoms with van der Waals surface area (Å²) in [6.45, 7) is 4.54. The third kappa shape index (κ3) is 2.49. The highest BCUT2D eigenvalue weighted by molar-refractivity contribution is 5.86. The van der Waals surface area contributed by atoms with Gasteiger partial charge < -0.3 is 10.1 Å². The van der Waals surface area contributed by atoms with Crippen molar-refractivity contribution in [2.24, 2.45) is 0 Å². The lowest BCUT2D eigenvalue weighted by atomic mass is 10.2. The third-order valence-corrected chi connectivity index (χ3v) is 2.40. The number of hydrogen-bond donors (Lipinski definition) is 1. The van der Waals surface area contributed by atoms with Crippen LogP contribution in [0.4, 0.5) is 0 Å². The van der Waals surface area contributed by atoms with Gasteiger partial charge in [-0.1, -0.05) is 25.1 Å². The Hall–Kier alpha value is -1.61. The first-order valence-corrected chi connectivity index (χ1v) is 5.59. The van der Waals surface area contributed by atoms with Crippen LogP contribution in [0.25, 0.3) is 10.8 Å². The summed E-state index contributed by atoms with van der Waals surface area (Å²) in [7, 11) is 0. The molecule has 0 spiro atoms. The predicted octanol–water partition coefficient (Wildman–Crippen LogP) is 2.22. The molecule has 84 valence electrons. The van der Waals surface area contributed by atoms with Crippen molar-refractivity contribution < 1.29 is 4.74 Å². The van der Waals surface area contributed by atoms with Crippen LogP contribution in [0, 0.1) is 0 Å². The number of ether oxygens (including phenoxy) is 1. The summed E-state index contributed by atoms with van der Waals surface area (Å²) >= 11 is 0. The second-order valence-corrected chi connectivity index (χ2v) is 3.54. The molecular formula is C13H16N2O. The van der Waals surface area contributed by atoms with E-state index in [0.717, 1.165) is 29.7 Å². The largest absolute Gasteiger partial charge is 0.476 e. The fourth-order valence-electron chi connectivity index (χ4n) is 1.60. The van der Waals surface area contributed by atoms with E-state index in [-0.39, 0.29) is 0 Å². The van der Waals surface area contributed by atoms with Crippen LogP contribution < -0.4 is 10.1 Å². The van der Waals surface area contributed by atoms with Crippen molar-refractivity contribution in [3.05, 3.63) is 36.5 Å². The standard InChI is InChI=1S/C13H16N2O/c1-2-14-9-10-16-13-12-6-4-3-5-11(12)7-8-15-13/h3-8,14H,2,9-10H2,1H3. The normalized spacial score (nSPS) is 10.6. The first kappa shape index (κ1) is 10.9. The molecule has 3 heteroatoms. The van der Waals surface area contributed by atoms with Crippen LogP contribution in [0.15, 0.2) is 36.5 Å². The average Bonchev–Trinajstić information content (AvgIpc) is 2.35. The molecule has 0 fully saturated rings. The molecule has 16 heavy (non-hydrogen) atoms. The highest BCUT2D eigenvalue weighted by Crippen LogP contribution is 2.21. The topological polar surface area (TPSA) is 34.1 Å². The average molecular weight is 216 g/mol. The highest BCUT2D eigenvalue weighted by Gasteiger charge is 2.01. The zero-order valence-corrected chi connectivity index (χ0v) is 9.44. The smallest absolute Gasteiger partial charge is 0.221 e. The molecule has 0 aliphatic heterocycles. The van der Waals surface area contributed by atoms with Crippen molar-refractivity contribution in [1.29, 1.82) is 0 Å². The predicted molar refractivity (Wildman–Crippen MR) is 65.8 cm³/mol. The summed E-state index contributed by atoms with van der Waals surface area (Å²) in [5.74, 6) is 0.719. The highest BCUT2D eigenvalue weighted by atomic mass is 16.5.